The highest BCUT2D eigenvalue weighted by molar-refractivity contribution is 5.43. The predicted molar refractivity (Wildman–Crippen MR) is 132 cm³/mol. The largest absolute Gasteiger partial charge is 0.435 e. The number of ether oxygens (including phenoxy) is 2. The Morgan fingerprint density at radius 3 is 2.43 bits per heavy atom. The van der Waals surface area contributed by atoms with Crippen LogP contribution in [0, 0.1) is 18.6 Å². The Bertz CT molecular complexity index is 1090. The average Bonchev–Trinajstić information content (AvgIpc) is 3.13. The highest BCUT2D eigenvalue weighted by Crippen LogP contribution is 2.33. The van der Waals surface area contributed by atoms with Gasteiger partial charge in [0.05, 0.1) is 35.8 Å². The molecule has 3 rings (SSSR count). The normalized spacial score (nSPS) is 13.4. The molecule has 0 radical (unpaired) electrons. The first-order chi connectivity index (χ1) is 16.7. The van der Waals surface area contributed by atoms with Crippen LogP contribution in [-0.4, -0.2) is 51.2 Å². The topological polar surface area (TPSA) is 59.8 Å². The second kappa shape index (κ2) is 12.2. The minimum absolute atomic E-state index is 0.0265. The molecule has 0 aliphatic rings. The van der Waals surface area contributed by atoms with Crippen LogP contribution in [0.2, 0.25) is 0 Å². The lowest BCUT2D eigenvalue weighted by Gasteiger charge is -2.30. The second-order valence-electron chi connectivity index (χ2n) is 9.02. The van der Waals surface area contributed by atoms with Crippen LogP contribution in [0.1, 0.15) is 45.4 Å². The molecule has 0 fully saturated rings. The summed E-state index contributed by atoms with van der Waals surface area (Å²) in [6, 6.07) is 12.8. The lowest BCUT2D eigenvalue weighted by molar-refractivity contribution is -0.0150. The zero-order valence-corrected chi connectivity index (χ0v) is 21.0. The summed E-state index contributed by atoms with van der Waals surface area (Å²) in [5, 5.41) is 15.3. The van der Waals surface area contributed by atoms with E-state index in [0.717, 1.165) is 29.8 Å². The van der Waals surface area contributed by atoms with Crippen LogP contribution in [0.25, 0.3) is 5.69 Å². The fourth-order valence-electron chi connectivity index (χ4n) is 3.72. The van der Waals surface area contributed by atoms with E-state index in [1.165, 1.54) is 6.07 Å². The molecule has 0 aliphatic carbocycles. The summed E-state index contributed by atoms with van der Waals surface area (Å²) >= 11 is 0. The number of hydrogen-bond donors (Lipinski definition) is 1. The van der Waals surface area contributed by atoms with Gasteiger partial charge in [-0.1, -0.05) is 25.1 Å². The highest BCUT2D eigenvalue weighted by atomic mass is 19.1. The van der Waals surface area contributed by atoms with Crippen molar-refractivity contribution in [2.75, 3.05) is 13.2 Å². The molecule has 1 heterocycles. The molecule has 8 heteroatoms. The number of aromatic nitrogens is 2. The van der Waals surface area contributed by atoms with Gasteiger partial charge in [-0.15, -0.1) is 0 Å². The molecule has 0 aliphatic heterocycles. The fourth-order valence-corrected chi connectivity index (χ4v) is 3.72. The number of rotatable bonds is 12. The van der Waals surface area contributed by atoms with Gasteiger partial charge in [0.25, 0.3) is 0 Å². The van der Waals surface area contributed by atoms with E-state index in [0.29, 0.717) is 24.7 Å². The molecule has 190 valence electrons. The molecule has 0 unspecified atom stereocenters. The predicted octanol–water partition coefficient (Wildman–Crippen LogP) is 5.64. The molecule has 1 N–H and O–H groups in total. The number of aliphatic hydroxyl groups excluding tert-OH is 1. The fraction of sp³-hybridized carbons (Fsp3) is 0.444. The Hall–Kier alpha value is -2.81. The molecule has 1 aromatic heterocycles. The number of benzene rings is 2. The number of aliphatic hydroxyl groups is 1. The average molecular weight is 488 g/mol. The zero-order valence-electron chi connectivity index (χ0n) is 21.0. The summed E-state index contributed by atoms with van der Waals surface area (Å²) in [6.45, 7) is 10.9. The van der Waals surface area contributed by atoms with Gasteiger partial charge in [-0.2, -0.15) is 5.10 Å². The van der Waals surface area contributed by atoms with Crippen LogP contribution < -0.4 is 4.74 Å². The molecule has 35 heavy (non-hydrogen) atoms. The summed E-state index contributed by atoms with van der Waals surface area (Å²) in [6.07, 6.45) is 0.223. The number of para-hydroxylation sites is 1. The van der Waals surface area contributed by atoms with E-state index in [-0.39, 0.29) is 24.5 Å². The Labute approximate surface area is 206 Å². The summed E-state index contributed by atoms with van der Waals surface area (Å²) in [5.74, 6) is -1.22. The first-order valence-corrected chi connectivity index (χ1v) is 12.0. The lowest BCUT2D eigenvalue weighted by Crippen LogP contribution is -2.40. The van der Waals surface area contributed by atoms with Crippen molar-refractivity contribution >= 4 is 0 Å². The minimum Gasteiger partial charge on any atom is -0.435 e. The number of aryl methyl sites for hydroxylation is 1. The van der Waals surface area contributed by atoms with E-state index < -0.39 is 17.7 Å². The molecule has 6 nitrogen and oxygen atoms in total. The second-order valence-corrected chi connectivity index (χ2v) is 9.02. The SMILES string of the molecule is CC[C@H](C)N(Cc1c(C)nn(-c2ccccc2)c1Oc1ccc(F)cc1F)C[C@H](O)COC(C)C. The van der Waals surface area contributed by atoms with Crippen molar-refractivity contribution < 1.29 is 23.4 Å². The first kappa shape index (κ1) is 26.8. The van der Waals surface area contributed by atoms with Crippen molar-refractivity contribution in [3.63, 3.8) is 0 Å². The summed E-state index contributed by atoms with van der Waals surface area (Å²) in [4.78, 5) is 2.14. The van der Waals surface area contributed by atoms with E-state index in [2.05, 4.69) is 23.8 Å². The monoisotopic (exact) mass is 487 g/mol. The zero-order chi connectivity index (χ0) is 25.5. The molecule has 0 saturated heterocycles. The van der Waals surface area contributed by atoms with E-state index in [9.17, 15) is 13.9 Å². The maximum Gasteiger partial charge on any atom is 0.227 e. The third kappa shape index (κ3) is 7.10. The van der Waals surface area contributed by atoms with Gasteiger partial charge in [0.1, 0.15) is 5.82 Å². The third-order valence-corrected chi connectivity index (χ3v) is 5.88. The van der Waals surface area contributed by atoms with Crippen molar-refractivity contribution in [1.82, 2.24) is 14.7 Å². The van der Waals surface area contributed by atoms with Crippen LogP contribution in [-0.2, 0) is 11.3 Å². The Kier molecular flexibility index (Phi) is 9.37. The van der Waals surface area contributed by atoms with Crippen LogP contribution in [0.5, 0.6) is 11.6 Å². The molecule has 2 atom stereocenters. The molecule has 0 bridgehead atoms. The van der Waals surface area contributed by atoms with E-state index in [4.69, 9.17) is 9.47 Å². The van der Waals surface area contributed by atoms with Gasteiger partial charge < -0.3 is 14.6 Å². The van der Waals surface area contributed by atoms with Crippen molar-refractivity contribution in [3.05, 3.63) is 71.4 Å². The molecule has 3 aromatic rings. The maximum atomic E-state index is 14.5. The van der Waals surface area contributed by atoms with E-state index in [1.54, 1.807) is 4.68 Å². The summed E-state index contributed by atoms with van der Waals surface area (Å²) in [7, 11) is 0. The number of nitrogens with zero attached hydrogens (tertiary/aromatic N) is 3. The molecule has 0 spiro atoms. The molecule has 2 aromatic carbocycles. The Morgan fingerprint density at radius 1 is 1.09 bits per heavy atom. The van der Waals surface area contributed by atoms with E-state index >= 15 is 0 Å². The minimum atomic E-state index is -0.797. The van der Waals surface area contributed by atoms with E-state index in [1.807, 2.05) is 51.1 Å². The van der Waals surface area contributed by atoms with Gasteiger partial charge in [-0.3, -0.25) is 4.90 Å². The van der Waals surface area contributed by atoms with Crippen LogP contribution in [0.4, 0.5) is 8.78 Å². The smallest absolute Gasteiger partial charge is 0.227 e. The van der Waals surface area contributed by atoms with Gasteiger partial charge in [-0.05, 0) is 58.4 Å². The summed E-state index contributed by atoms with van der Waals surface area (Å²) < 4.78 is 41.3. The van der Waals surface area contributed by atoms with Gasteiger partial charge in [0, 0.05) is 25.2 Å². The summed E-state index contributed by atoms with van der Waals surface area (Å²) in [5.41, 5.74) is 2.22. The van der Waals surface area contributed by atoms with Gasteiger partial charge in [0.2, 0.25) is 5.88 Å². The van der Waals surface area contributed by atoms with Crippen LogP contribution in [0.15, 0.2) is 48.5 Å². The van der Waals surface area contributed by atoms with Crippen molar-refractivity contribution in [2.24, 2.45) is 0 Å². The molecule has 0 saturated carbocycles. The maximum absolute atomic E-state index is 14.5. The van der Waals surface area contributed by atoms with Crippen LogP contribution in [0.3, 0.4) is 0 Å². The molecular formula is C27H35F2N3O3. The Balaban J connectivity index is 1.99. The molecule has 0 amide bonds. The van der Waals surface area contributed by atoms with Gasteiger partial charge in [-0.25, -0.2) is 13.5 Å². The van der Waals surface area contributed by atoms with Crippen LogP contribution >= 0.6 is 0 Å². The molecular weight excluding hydrogens is 452 g/mol. The van der Waals surface area contributed by atoms with Crippen molar-refractivity contribution in [1.29, 1.82) is 0 Å². The number of halogens is 2. The van der Waals surface area contributed by atoms with Gasteiger partial charge >= 0.3 is 0 Å². The Morgan fingerprint density at radius 2 is 1.80 bits per heavy atom. The van der Waals surface area contributed by atoms with Crippen molar-refractivity contribution in [3.8, 4) is 17.3 Å². The quantitative estimate of drug-likeness (QED) is 0.358. The third-order valence-electron chi connectivity index (χ3n) is 5.88. The first-order valence-electron chi connectivity index (χ1n) is 12.0. The van der Waals surface area contributed by atoms with Gasteiger partial charge in [0.15, 0.2) is 11.6 Å². The highest BCUT2D eigenvalue weighted by Gasteiger charge is 2.25. The standard InChI is InChI=1S/C27H35F2N3O3/c1-6-19(4)31(15-23(33)17-34-18(2)3)16-24-20(5)30-32(22-10-8-7-9-11-22)27(24)35-26-13-12-21(28)14-25(26)29/h7-14,18-19,23,33H,6,15-17H2,1-5H3/t19-,23-/m0/s1. The number of hydrogen-bond acceptors (Lipinski definition) is 5. The lowest BCUT2D eigenvalue weighted by atomic mass is 10.1. The van der Waals surface area contributed by atoms with Crippen molar-refractivity contribution in [2.45, 2.75) is 65.8 Å².